The van der Waals surface area contributed by atoms with Gasteiger partial charge in [-0.3, -0.25) is 0 Å². The van der Waals surface area contributed by atoms with Gasteiger partial charge in [-0.15, -0.1) is 0 Å². The van der Waals surface area contributed by atoms with Crippen LogP contribution in [-0.2, 0) is 4.74 Å². The van der Waals surface area contributed by atoms with Gasteiger partial charge in [-0.2, -0.15) is 11.8 Å². The lowest BCUT2D eigenvalue weighted by molar-refractivity contribution is 0.0122. The minimum Gasteiger partial charge on any atom is -0.379 e. The van der Waals surface area contributed by atoms with E-state index in [0.29, 0.717) is 6.04 Å². The molecule has 0 radical (unpaired) electrons. The van der Waals surface area contributed by atoms with Crippen LogP contribution in [0.3, 0.4) is 0 Å². The molecule has 1 atom stereocenters. The zero-order chi connectivity index (χ0) is 14.1. The number of ether oxygens (including phenoxy) is 1. The summed E-state index contributed by atoms with van der Waals surface area (Å²) in [4.78, 5) is 0. The van der Waals surface area contributed by atoms with Crippen LogP contribution in [0.5, 0.6) is 0 Å². The van der Waals surface area contributed by atoms with Gasteiger partial charge in [0.25, 0.3) is 0 Å². The first-order valence-electron chi connectivity index (χ1n) is 7.97. The van der Waals surface area contributed by atoms with Crippen LogP contribution < -0.4 is 5.32 Å². The van der Waals surface area contributed by atoms with E-state index in [1.165, 1.54) is 44.3 Å². The molecule has 0 aromatic carbocycles. The number of thioether (sulfide) groups is 1. The van der Waals surface area contributed by atoms with E-state index >= 15 is 0 Å². The van der Waals surface area contributed by atoms with E-state index in [0.717, 1.165) is 18.2 Å². The number of nitrogens with one attached hydrogen (secondary N) is 1. The van der Waals surface area contributed by atoms with Crippen molar-refractivity contribution in [1.82, 2.24) is 5.32 Å². The highest BCUT2D eigenvalue weighted by Gasteiger charge is 2.21. The number of rotatable bonds is 10. The SMILES string of the molecule is CCCNC(CCC(C)(C)OC)CSC1CCCC1. The van der Waals surface area contributed by atoms with Gasteiger partial charge in [0.05, 0.1) is 5.60 Å². The highest BCUT2D eigenvalue weighted by molar-refractivity contribution is 7.99. The Morgan fingerprint density at radius 1 is 1.32 bits per heavy atom. The fraction of sp³-hybridized carbons (Fsp3) is 1.00. The lowest BCUT2D eigenvalue weighted by atomic mass is 9.99. The smallest absolute Gasteiger partial charge is 0.0623 e. The number of hydrogen-bond donors (Lipinski definition) is 1. The molecule has 1 fully saturated rings. The summed E-state index contributed by atoms with van der Waals surface area (Å²) in [5.74, 6) is 1.27. The molecule has 1 aliphatic carbocycles. The van der Waals surface area contributed by atoms with Crippen molar-refractivity contribution in [3.8, 4) is 0 Å². The van der Waals surface area contributed by atoms with Crippen LogP contribution >= 0.6 is 11.8 Å². The highest BCUT2D eigenvalue weighted by atomic mass is 32.2. The monoisotopic (exact) mass is 287 g/mol. The molecule has 1 N–H and O–H groups in total. The van der Waals surface area contributed by atoms with E-state index in [9.17, 15) is 0 Å². The fourth-order valence-corrected chi connectivity index (χ4v) is 3.98. The van der Waals surface area contributed by atoms with Gasteiger partial charge in [0, 0.05) is 24.2 Å². The Morgan fingerprint density at radius 2 is 2.00 bits per heavy atom. The van der Waals surface area contributed by atoms with Crippen LogP contribution in [-0.4, -0.2) is 36.3 Å². The second-order valence-corrected chi connectivity index (χ2v) is 7.73. The van der Waals surface area contributed by atoms with Crippen LogP contribution in [0.4, 0.5) is 0 Å². The molecule has 1 aliphatic rings. The Morgan fingerprint density at radius 3 is 2.58 bits per heavy atom. The highest BCUT2D eigenvalue weighted by Crippen LogP contribution is 2.30. The molecule has 2 nitrogen and oxygen atoms in total. The predicted molar refractivity (Wildman–Crippen MR) is 87.1 cm³/mol. The fourth-order valence-electron chi connectivity index (χ4n) is 2.52. The molecule has 0 heterocycles. The lowest BCUT2D eigenvalue weighted by Crippen LogP contribution is -2.35. The zero-order valence-corrected chi connectivity index (χ0v) is 14.2. The molecule has 1 rings (SSSR count). The molecule has 0 aromatic heterocycles. The van der Waals surface area contributed by atoms with E-state index in [2.05, 4.69) is 37.8 Å². The van der Waals surface area contributed by atoms with E-state index in [-0.39, 0.29) is 5.60 Å². The Labute approximate surface area is 124 Å². The lowest BCUT2D eigenvalue weighted by Gasteiger charge is -2.27. The van der Waals surface area contributed by atoms with Crippen LogP contribution in [0.2, 0.25) is 0 Å². The third kappa shape index (κ3) is 7.57. The van der Waals surface area contributed by atoms with Crippen molar-refractivity contribution in [3.63, 3.8) is 0 Å². The minimum atomic E-state index is 0.0180. The molecule has 0 spiro atoms. The topological polar surface area (TPSA) is 21.3 Å². The van der Waals surface area contributed by atoms with Crippen molar-refractivity contribution in [3.05, 3.63) is 0 Å². The number of methoxy groups -OCH3 is 1. The van der Waals surface area contributed by atoms with Crippen molar-refractivity contribution >= 4 is 11.8 Å². The van der Waals surface area contributed by atoms with Crippen LogP contribution in [0.15, 0.2) is 0 Å². The van der Waals surface area contributed by atoms with Gasteiger partial charge in [-0.25, -0.2) is 0 Å². The van der Waals surface area contributed by atoms with Crippen LogP contribution in [0, 0.1) is 0 Å². The standard InChI is InChI=1S/C16H33NOS/c1-5-12-17-14(10-11-16(2,3)18-4)13-19-15-8-6-7-9-15/h14-15,17H,5-13H2,1-4H3. The maximum absolute atomic E-state index is 5.54. The third-order valence-corrected chi connectivity index (χ3v) is 5.70. The van der Waals surface area contributed by atoms with Gasteiger partial charge in [-0.1, -0.05) is 19.8 Å². The summed E-state index contributed by atoms with van der Waals surface area (Å²) in [5.41, 5.74) is 0.0180. The maximum atomic E-state index is 5.54. The molecule has 0 amide bonds. The summed E-state index contributed by atoms with van der Waals surface area (Å²) in [6.07, 6.45) is 9.35. The van der Waals surface area contributed by atoms with Crippen molar-refractivity contribution < 1.29 is 4.74 Å². The van der Waals surface area contributed by atoms with E-state index in [4.69, 9.17) is 4.74 Å². The summed E-state index contributed by atoms with van der Waals surface area (Å²) in [7, 11) is 1.82. The molecule has 0 aliphatic heterocycles. The van der Waals surface area contributed by atoms with E-state index in [1.54, 1.807) is 0 Å². The molecule has 0 aromatic rings. The molecule has 3 heteroatoms. The molecule has 0 saturated heterocycles. The second-order valence-electron chi connectivity index (χ2n) is 6.39. The van der Waals surface area contributed by atoms with Crippen molar-refractivity contribution in [2.45, 2.75) is 82.6 Å². The summed E-state index contributed by atoms with van der Waals surface area (Å²) < 4.78 is 5.54. The normalized spacial score (nSPS) is 18.9. The van der Waals surface area contributed by atoms with Crippen molar-refractivity contribution in [2.24, 2.45) is 0 Å². The largest absolute Gasteiger partial charge is 0.379 e. The Kier molecular flexibility index (Phi) is 8.43. The third-order valence-electron chi connectivity index (χ3n) is 4.17. The molecule has 114 valence electrons. The molecule has 1 unspecified atom stereocenters. The summed E-state index contributed by atoms with van der Waals surface area (Å²) in [5, 5.41) is 4.65. The molecular formula is C16H33NOS. The van der Waals surface area contributed by atoms with Gasteiger partial charge in [-0.05, 0) is 52.5 Å². The Balaban J connectivity index is 2.28. The summed E-state index contributed by atoms with van der Waals surface area (Å²) >= 11 is 2.20. The van der Waals surface area contributed by atoms with E-state index < -0.39 is 0 Å². The first-order valence-corrected chi connectivity index (χ1v) is 9.02. The summed E-state index contributed by atoms with van der Waals surface area (Å²) in [6.45, 7) is 7.76. The van der Waals surface area contributed by atoms with Gasteiger partial charge in [0.2, 0.25) is 0 Å². The Bertz CT molecular complexity index is 227. The quantitative estimate of drug-likeness (QED) is 0.649. The van der Waals surface area contributed by atoms with Gasteiger partial charge in [0.15, 0.2) is 0 Å². The van der Waals surface area contributed by atoms with Gasteiger partial charge >= 0.3 is 0 Å². The maximum Gasteiger partial charge on any atom is 0.0623 e. The van der Waals surface area contributed by atoms with Crippen molar-refractivity contribution in [1.29, 1.82) is 0 Å². The molecule has 0 bridgehead atoms. The Hall–Kier alpha value is 0.270. The minimum absolute atomic E-state index is 0.0180. The molecule has 19 heavy (non-hydrogen) atoms. The van der Waals surface area contributed by atoms with Gasteiger partial charge in [0.1, 0.15) is 0 Å². The molecule has 1 saturated carbocycles. The van der Waals surface area contributed by atoms with E-state index in [1.807, 2.05) is 7.11 Å². The molecular weight excluding hydrogens is 254 g/mol. The van der Waals surface area contributed by atoms with Crippen molar-refractivity contribution in [2.75, 3.05) is 19.4 Å². The zero-order valence-electron chi connectivity index (χ0n) is 13.3. The van der Waals surface area contributed by atoms with Gasteiger partial charge < -0.3 is 10.1 Å². The average Bonchev–Trinajstić information content (AvgIpc) is 2.91. The first kappa shape index (κ1) is 17.3. The number of hydrogen-bond acceptors (Lipinski definition) is 3. The first-order chi connectivity index (χ1) is 9.07. The predicted octanol–water partition coefficient (Wildman–Crippen LogP) is 4.24. The van der Waals surface area contributed by atoms with Crippen LogP contribution in [0.1, 0.15) is 65.7 Å². The average molecular weight is 288 g/mol. The van der Waals surface area contributed by atoms with Crippen LogP contribution in [0.25, 0.3) is 0 Å². The second kappa shape index (κ2) is 9.25. The summed E-state index contributed by atoms with van der Waals surface area (Å²) in [6, 6.07) is 0.653.